The van der Waals surface area contributed by atoms with Gasteiger partial charge in [0.05, 0.1) is 10.7 Å². The monoisotopic (exact) mass is 242 g/mol. The first-order valence-electron chi connectivity index (χ1n) is 5.86. The highest BCUT2D eigenvalue weighted by Crippen LogP contribution is 2.35. The summed E-state index contributed by atoms with van der Waals surface area (Å²) in [5.74, 6) is 0. The largest absolute Gasteiger partial charge is 0.328 e. The Morgan fingerprint density at radius 1 is 1.44 bits per heavy atom. The van der Waals surface area contributed by atoms with Crippen molar-refractivity contribution >= 4 is 11.3 Å². The Morgan fingerprint density at radius 3 is 2.56 bits per heavy atom. The molecule has 0 aromatic carbocycles. The maximum absolute atomic E-state index is 14.5. The Labute approximate surface area is 100 Å². The molecule has 0 saturated heterocycles. The Hall–Kier alpha value is -0.480. The second-order valence-electron chi connectivity index (χ2n) is 4.91. The minimum atomic E-state index is -1.06. The van der Waals surface area contributed by atoms with Crippen LogP contribution in [0.5, 0.6) is 0 Å². The van der Waals surface area contributed by atoms with E-state index in [0.717, 1.165) is 23.5 Å². The molecule has 0 unspecified atom stereocenters. The van der Waals surface area contributed by atoms with Crippen molar-refractivity contribution < 1.29 is 4.39 Å². The van der Waals surface area contributed by atoms with E-state index in [4.69, 9.17) is 5.73 Å². The van der Waals surface area contributed by atoms with Gasteiger partial charge in [-0.05, 0) is 39.5 Å². The zero-order chi connectivity index (χ0) is 11.8. The number of nitrogens with zero attached hydrogens (tertiary/aromatic N) is 1. The van der Waals surface area contributed by atoms with Crippen molar-refractivity contribution in [3.63, 3.8) is 0 Å². The second-order valence-corrected chi connectivity index (χ2v) is 6.20. The summed E-state index contributed by atoms with van der Waals surface area (Å²) in [4.78, 5) is 5.62. The highest BCUT2D eigenvalue weighted by molar-refractivity contribution is 7.11. The van der Waals surface area contributed by atoms with Gasteiger partial charge in [0.25, 0.3) is 0 Å². The second kappa shape index (κ2) is 4.41. The molecule has 2 rings (SSSR count). The molecule has 1 aliphatic carbocycles. The van der Waals surface area contributed by atoms with E-state index >= 15 is 0 Å². The molecule has 16 heavy (non-hydrogen) atoms. The summed E-state index contributed by atoms with van der Waals surface area (Å²) in [6.45, 7) is 4.02. The van der Waals surface area contributed by atoms with E-state index in [9.17, 15) is 4.39 Å². The molecule has 0 amide bonds. The molecule has 1 heterocycles. The van der Waals surface area contributed by atoms with Gasteiger partial charge in [0.1, 0.15) is 5.67 Å². The normalized spacial score (nSPS) is 30.6. The number of halogens is 1. The molecule has 0 aliphatic heterocycles. The average Bonchev–Trinajstić information content (AvgIpc) is 2.51. The molecule has 4 heteroatoms. The molecular weight excluding hydrogens is 223 g/mol. The first kappa shape index (κ1) is 12.0. The van der Waals surface area contributed by atoms with Crippen LogP contribution in [0.25, 0.3) is 0 Å². The van der Waals surface area contributed by atoms with Crippen LogP contribution in [0.3, 0.4) is 0 Å². The van der Waals surface area contributed by atoms with Crippen molar-refractivity contribution in [1.29, 1.82) is 0 Å². The van der Waals surface area contributed by atoms with Crippen molar-refractivity contribution in [2.75, 3.05) is 0 Å². The van der Waals surface area contributed by atoms with Crippen LogP contribution in [0.15, 0.2) is 0 Å². The minimum Gasteiger partial charge on any atom is -0.328 e. The minimum absolute atomic E-state index is 0.198. The van der Waals surface area contributed by atoms with Crippen LogP contribution in [0.2, 0.25) is 0 Å². The fourth-order valence-electron chi connectivity index (χ4n) is 2.22. The summed E-state index contributed by atoms with van der Waals surface area (Å²) in [5, 5.41) is 0.938. The highest BCUT2D eigenvalue weighted by Gasteiger charge is 2.35. The van der Waals surface area contributed by atoms with Crippen LogP contribution in [0.1, 0.15) is 41.3 Å². The summed E-state index contributed by atoms with van der Waals surface area (Å²) in [5.41, 5.74) is 5.77. The molecule has 2 N–H and O–H groups in total. The van der Waals surface area contributed by atoms with Crippen molar-refractivity contribution in [3.05, 3.63) is 15.6 Å². The highest BCUT2D eigenvalue weighted by atomic mass is 32.1. The van der Waals surface area contributed by atoms with Gasteiger partial charge in [-0.15, -0.1) is 11.3 Å². The molecule has 0 radical (unpaired) electrons. The van der Waals surface area contributed by atoms with Gasteiger partial charge in [-0.25, -0.2) is 9.37 Å². The maximum atomic E-state index is 14.5. The maximum Gasteiger partial charge on any atom is 0.117 e. The van der Waals surface area contributed by atoms with Crippen LogP contribution in [0.4, 0.5) is 4.39 Å². The molecule has 1 aliphatic rings. The summed E-state index contributed by atoms with van der Waals surface area (Å²) in [7, 11) is 0. The van der Waals surface area contributed by atoms with E-state index in [-0.39, 0.29) is 6.04 Å². The van der Waals surface area contributed by atoms with Crippen molar-refractivity contribution in [3.8, 4) is 0 Å². The lowest BCUT2D eigenvalue weighted by atomic mass is 9.82. The quantitative estimate of drug-likeness (QED) is 0.866. The van der Waals surface area contributed by atoms with Gasteiger partial charge in [-0.1, -0.05) is 0 Å². The predicted octanol–water partition coefficient (Wildman–Crippen LogP) is 2.91. The van der Waals surface area contributed by atoms with Crippen molar-refractivity contribution in [2.45, 2.75) is 57.7 Å². The molecule has 1 fully saturated rings. The van der Waals surface area contributed by atoms with Crippen LogP contribution >= 0.6 is 11.3 Å². The van der Waals surface area contributed by atoms with E-state index in [1.54, 1.807) is 11.3 Å². The molecule has 1 saturated carbocycles. The van der Waals surface area contributed by atoms with Crippen LogP contribution in [-0.4, -0.2) is 16.7 Å². The van der Waals surface area contributed by atoms with Gasteiger partial charge in [-0.2, -0.15) is 0 Å². The van der Waals surface area contributed by atoms with Crippen LogP contribution < -0.4 is 5.73 Å². The van der Waals surface area contributed by atoms with Crippen molar-refractivity contribution in [2.24, 2.45) is 5.73 Å². The van der Waals surface area contributed by atoms with Crippen molar-refractivity contribution in [1.82, 2.24) is 4.98 Å². The van der Waals surface area contributed by atoms with Gasteiger partial charge in [-0.3, -0.25) is 0 Å². The number of hydrogen-bond acceptors (Lipinski definition) is 3. The SMILES string of the molecule is Cc1nc(CC2(F)CCC(N)CC2)sc1C. The summed E-state index contributed by atoms with van der Waals surface area (Å²) < 4.78 is 14.5. The molecular formula is C12H19FN2S. The standard InChI is InChI=1S/C12H19FN2S/c1-8-9(2)16-11(15-8)7-12(13)5-3-10(14)4-6-12/h10H,3-7,14H2,1-2H3. The number of aryl methyl sites for hydroxylation is 2. The van der Waals surface area contributed by atoms with E-state index in [0.29, 0.717) is 19.3 Å². The Kier molecular flexibility index (Phi) is 3.31. The molecule has 1 aromatic rings. The van der Waals surface area contributed by atoms with E-state index < -0.39 is 5.67 Å². The third-order valence-electron chi connectivity index (χ3n) is 3.47. The predicted molar refractivity (Wildman–Crippen MR) is 65.6 cm³/mol. The van der Waals surface area contributed by atoms with Crippen LogP contribution in [0, 0.1) is 13.8 Å². The fourth-order valence-corrected chi connectivity index (χ4v) is 3.28. The number of alkyl halides is 1. The lowest BCUT2D eigenvalue weighted by Gasteiger charge is -2.31. The third kappa shape index (κ3) is 2.61. The molecule has 0 spiro atoms. The Morgan fingerprint density at radius 2 is 2.06 bits per heavy atom. The van der Waals surface area contributed by atoms with E-state index in [2.05, 4.69) is 4.98 Å². The van der Waals surface area contributed by atoms with Crippen LogP contribution in [-0.2, 0) is 6.42 Å². The number of rotatable bonds is 2. The molecule has 1 aromatic heterocycles. The Balaban J connectivity index is 2.03. The summed E-state index contributed by atoms with van der Waals surface area (Å²) in [6, 6.07) is 0.198. The van der Waals surface area contributed by atoms with Gasteiger partial charge < -0.3 is 5.73 Å². The lowest BCUT2D eigenvalue weighted by Crippen LogP contribution is -2.37. The number of aromatic nitrogens is 1. The third-order valence-corrected chi connectivity index (χ3v) is 4.54. The zero-order valence-corrected chi connectivity index (χ0v) is 10.7. The van der Waals surface area contributed by atoms with Gasteiger partial charge in [0.2, 0.25) is 0 Å². The van der Waals surface area contributed by atoms with Gasteiger partial charge in [0, 0.05) is 17.3 Å². The topological polar surface area (TPSA) is 38.9 Å². The lowest BCUT2D eigenvalue weighted by molar-refractivity contribution is 0.0994. The Bertz CT molecular complexity index is 348. The molecule has 0 bridgehead atoms. The molecule has 0 atom stereocenters. The molecule has 90 valence electrons. The summed E-state index contributed by atoms with van der Waals surface area (Å²) >= 11 is 1.62. The van der Waals surface area contributed by atoms with E-state index in [1.807, 2.05) is 13.8 Å². The first-order valence-corrected chi connectivity index (χ1v) is 6.67. The molecule has 2 nitrogen and oxygen atoms in total. The number of nitrogens with two attached hydrogens (primary N) is 1. The van der Waals surface area contributed by atoms with Gasteiger partial charge >= 0.3 is 0 Å². The first-order chi connectivity index (χ1) is 7.48. The fraction of sp³-hybridized carbons (Fsp3) is 0.750. The average molecular weight is 242 g/mol. The smallest absolute Gasteiger partial charge is 0.117 e. The summed E-state index contributed by atoms with van der Waals surface area (Å²) in [6.07, 6.45) is 3.26. The van der Waals surface area contributed by atoms with E-state index in [1.165, 1.54) is 4.88 Å². The number of thiazole rings is 1. The van der Waals surface area contributed by atoms with Gasteiger partial charge in [0.15, 0.2) is 0 Å². The zero-order valence-electron chi connectivity index (χ0n) is 9.92. The number of hydrogen-bond donors (Lipinski definition) is 1.